The van der Waals surface area contributed by atoms with E-state index in [1.807, 2.05) is 44.2 Å². The third kappa shape index (κ3) is 4.76. The van der Waals surface area contributed by atoms with Gasteiger partial charge >= 0.3 is 0 Å². The molecule has 2 aromatic rings. The molecule has 3 rings (SSSR count). The van der Waals surface area contributed by atoms with Crippen LogP contribution in [0.5, 0.6) is 0 Å². The molecule has 2 N–H and O–H groups in total. The van der Waals surface area contributed by atoms with Gasteiger partial charge in [0.15, 0.2) is 5.82 Å². The lowest BCUT2D eigenvalue weighted by molar-refractivity contribution is 0.0853. The maximum atomic E-state index is 12.5. The second-order valence-electron chi connectivity index (χ2n) is 6.47. The van der Waals surface area contributed by atoms with Crippen molar-refractivity contribution in [3.05, 3.63) is 42.1 Å². The Hall–Kier alpha value is -2.47. The summed E-state index contributed by atoms with van der Waals surface area (Å²) < 4.78 is 5.55. The van der Waals surface area contributed by atoms with Crippen LogP contribution in [-0.4, -0.2) is 41.2 Å². The zero-order valence-corrected chi connectivity index (χ0v) is 14.7. The lowest BCUT2D eigenvalue weighted by Crippen LogP contribution is -2.32. The van der Waals surface area contributed by atoms with Gasteiger partial charge in [-0.05, 0) is 26.7 Å². The summed E-state index contributed by atoms with van der Waals surface area (Å²) >= 11 is 0. The lowest BCUT2D eigenvalue weighted by Gasteiger charge is -2.14. The van der Waals surface area contributed by atoms with E-state index in [9.17, 15) is 4.79 Å². The van der Waals surface area contributed by atoms with Crippen LogP contribution in [0.3, 0.4) is 0 Å². The molecule has 1 saturated heterocycles. The largest absolute Gasteiger partial charge is 0.376 e. The van der Waals surface area contributed by atoms with Crippen molar-refractivity contribution in [1.29, 1.82) is 0 Å². The fourth-order valence-corrected chi connectivity index (χ4v) is 2.75. The maximum absolute atomic E-state index is 12.5. The van der Waals surface area contributed by atoms with Crippen LogP contribution >= 0.6 is 0 Å². The van der Waals surface area contributed by atoms with Crippen molar-refractivity contribution in [2.45, 2.75) is 38.8 Å². The van der Waals surface area contributed by atoms with Crippen LogP contribution in [0.25, 0.3) is 11.4 Å². The number of benzene rings is 1. The molecule has 132 valence electrons. The first kappa shape index (κ1) is 17.4. The molecule has 1 unspecified atom stereocenters. The van der Waals surface area contributed by atoms with E-state index in [1.54, 1.807) is 6.07 Å². The Kier molecular flexibility index (Phi) is 5.60. The number of carbonyl (C=O) groups is 1. The quantitative estimate of drug-likeness (QED) is 0.846. The Morgan fingerprint density at radius 1 is 1.28 bits per heavy atom. The van der Waals surface area contributed by atoms with Gasteiger partial charge in [0.2, 0.25) is 0 Å². The molecular weight excluding hydrogens is 316 g/mol. The van der Waals surface area contributed by atoms with Gasteiger partial charge in [-0.25, -0.2) is 9.97 Å². The van der Waals surface area contributed by atoms with Crippen molar-refractivity contribution in [1.82, 2.24) is 15.3 Å². The van der Waals surface area contributed by atoms with E-state index in [2.05, 4.69) is 20.6 Å². The Bertz CT molecular complexity index is 713. The summed E-state index contributed by atoms with van der Waals surface area (Å²) in [4.78, 5) is 21.5. The fourth-order valence-electron chi connectivity index (χ4n) is 2.75. The number of nitrogens with one attached hydrogen (secondary N) is 2. The van der Waals surface area contributed by atoms with E-state index in [0.717, 1.165) is 25.0 Å². The molecule has 1 aliphatic heterocycles. The van der Waals surface area contributed by atoms with Gasteiger partial charge in [-0.15, -0.1) is 0 Å². The molecule has 1 amide bonds. The van der Waals surface area contributed by atoms with Crippen LogP contribution in [0.2, 0.25) is 0 Å². The highest BCUT2D eigenvalue weighted by molar-refractivity contribution is 5.93. The Morgan fingerprint density at radius 3 is 2.76 bits per heavy atom. The van der Waals surface area contributed by atoms with Crippen LogP contribution in [0, 0.1) is 0 Å². The van der Waals surface area contributed by atoms with Crippen LogP contribution in [0.1, 0.15) is 37.2 Å². The van der Waals surface area contributed by atoms with Crippen molar-refractivity contribution >= 4 is 11.7 Å². The second kappa shape index (κ2) is 8.07. The number of amides is 1. The molecule has 6 nitrogen and oxygen atoms in total. The first-order chi connectivity index (χ1) is 12.1. The summed E-state index contributed by atoms with van der Waals surface area (Å²) in [5.41, 5.74) is 1.23. The molecular formula is C19H24N4O2. The van der Waals surface area contributed by atoms with Gasteiger partial charge in [-0.2, -0.15) is 0 Å². The van der Waals surface area contributed by atoms with E-state index < -0.39 is 0 Å². The third-order valence-electron chi connectivity index (χ3n) is 3.94. The summed E-state index contributed by atoms with van der Waals surface area (Å²) in [6, 6.07) is 11.6. The number of hydrogen-bond acceptors (Lipinski definition) is 5. The van der Waals surface area contributed by atoms with Crippen molar-refractivity contribution < 1.29 is 9.53 Å². The monoisotopic (exact) mass is 340 g/mol. The minimum atomic E-state index is -0.207. The molecule has 2 heterocycles. The topological polar surface area (TPSA) is 76.1 Å². The molecule has 1 aliphatic rings. The number of aromatic nitrogens is 2. The molecule has 1 aromatic heterocycles. The van der Waals surface area contributed by atoms with Crippen molar-refractivity contribution in [3.63, 3.8) is 0 Å². The minimum absolute atomic E-state index is 0.104. The SMILES string of the molecule is CC(C)Nc1cc(C(=O)NCC2CCCO2)nc(-c2ccccc2)n1. The first-order valence-electron chi connectivity index (χ1n) is 8.72. The minimum Gasteiger partial charge on any atom is -0.376 e. The number of hydrogen-bond donors (Lipinski definition) is 2. The first-order valence-corrected chi connectivity index (χ1v) is 8.72. The van der Waals surface area contributed by atoms with E-state index in [4.69, 9.17) is 4.74 Å². The van der Waals surface area contributed by atoms with Crippen LogP contribution in [-0.2, 0) is 4.74 Å². The van der Waals surface area contributed by atoms with Gasteiger partial charge in [-0.1, -0.05) is 30.3 Å². The number of nitrogens with zero attached hydrogens (tertiary/aromatic N) is 2. The highest BCUT2D eigenvalue weighted by Crippen LogP contribution is 2.18. The molecule has 0 saturated carbocycles. The standard InChI is InChI=1S/C19H24N4O2/c1-13(2)21-17-11-16(19(24)20-12-15-9-6-10-25-15)22-18(23-17)14-7-4-3-5-8-14/h3-5,7-8,11,13,15H,6,9-10,12H2,1-2H3,(H,20,24)(H,21,22,23). The summed E-state index contributed by atoms with van der Waals surface area (Å²) in [7, 11) is 0. The van der Waals surface area contributed by atoms with E-state index >= 15 is 0 Å². The zero-order chi connectivity index (χ0) is 17.6. The smallest absolute Gasteiger partial charge is 0.270 e. The molecule has 1 atom stereocenters. The van der Waals surface area contributed by atoms with Crippen molar-refractivity contribution in [2.75, 3.05) is 18.5 Å². The molecule has 1 fully saturated rings. The Labute approximate surface area is 148 Å². The average molecular weight is 340 g/mol. The average Bonchev–Trinajstić information content (AvgIpc) is 3.13. The van der Waals surface area contributed by atoms with Crippen LogP contribution in [0.4, 0.5) is 5.82 Å². The predicted molar refractivity (Wildman–Crippen MR) is 97.5 cm³/mol. The number of rotatable bonds is 6. The third-order valence-corrected chi connectivity index (χ3v) is 3.94. The van der Waals surface area contributed by atoms with Gasteiger partial charge in [0.1, 0.15) is 11.5 Å². The molecule has 0 radical (unpaired) electrons. The van der Waals surface area contributed by atoms with Crippen molar-refractivity contribution in [2.24, 2.45) is 0 Å². The lowest BCUT2D eigenvalue weighted by atomic mass is 10.2. The normalized spacial score (nSPS) is 16.8. The van der Waals surface area contributed by atoms with Gasteiger partial charge in [0, 0.05) is 30.8 Å². The molecule has 1 aromatic carbocycles. The summed E-state index contributed by atoms with van der Waals surface area (Å²) in [6.45, 7) is 5.34. The highest BCUT2D eigenvalue weighted by atomic mass is 16.5. The van der Waals surface area contributed by atoms with E-state index in [-0.39, 0.29) is 18.1 Å². The molecule has 6 heteroatoms. The zero-order valence-electron chi connectivity index (χ0n) is 14.7. The second-order valence-corrected chi connectivity index (χ2v) is 6.47. The Balaban J connectivity index is 1.82. The summed E-state index contributed by atoms with van der Waals surface area (Å²) in [5.74, 6) is 0.974. The van der Waals surface area contributed by atoms with Crippen LogP contribution < -0.4 is 10.6 Å². The molecule has 0 spiro atoms. The Morgan fingerprint density at radius 2 is 2.08 bits per heavy atom. The highest BCUT2D eigenvalue weighted by Gasteiger charge is 2.18. The van der Waals surface area contributed by atoms with E-state index in [0.29, 0.717) is 23.9 Å². The fraction of sp³-hybridized carbons (Fsp3) is 0.421. The molecule has 0 bridgehead atoms. The molecule has 0 aliphatic carbocycles. The number of anilines is 1. The van der Waals surface area contributed by atoms with Crippen LogP contribution in [0.15, 0.2) is 36.4 Å². The molecule has 25 heavy (non-hydrogen) atoms. The number of ether oxygens (including phenoxy) is 1. The van der Waals surface area contributed by atoms with Gasteiger partial charge < -0.3 is 15.4 Å². The van der Waals surface area contributed by atoms with Crippen molar-refractivity contribution in [3.8, 4) is 11.4 Å². The van der Waals surface area contributed by atoms with E-state index in [1.165, 1.54) is 0 Å². The van der Waals surface area contributed by atoms with Gasteiger partial charge in [-0.3, -0.25) is 4.79 Å². The van der Waals surface area contributed by atoms with Gasteiger partial charge in [0.05, 0.1) is 6.10 Å². The number of carbonyl (C=O) groups excluding carboxylic acids is 1. The summed E-state index contributed by atoms with van der Waals surface area (Å²) in [6.07, 6.45) is 2.14. The predicted octanol–water partition coefficient (Wildman–Crippen LogP) is 2.87. The summed E-state index contributed by atoms with van der Waals surface area (Å²) in [5, 5.41) is 6.17. The van der Waals surface area contributed by atoms with Gasteiger partial charge in [0.25, 0.3) is 5.91 Å². The maximum Gasteiger partial charge on any atom is 0.270 e.